The van der Waals surface area contributed by atoms with Crippen LogP contribution < -0.4 is 10.6 Å². The number of hydrogen-bond donors (Lipinski definition) is 4. The van der Waals surface area contributed by atoms with E-state index < -0.39 is 18.7 Å². The van der Waals surface area contributed by atoms with E-state index in [1.165, 1.54) is 28.3 Å². The highest BCUT2D eigenvalue weighted by molar-refractivity contribution is 5.96. The lowest BCUT2D eigenvalue weighted by molar-refractivity contribution is -0.152. The van der Waals surface area contributed by atoms with Gasteiger partial charge in [0.1, 0.15) is 18.5 Å². The number of benzene rings is 2. The summed E-state index contributed by atoms with van der Waals surface area (Å²) < 4.78 is 5.58. The van der Waals surface area contributed by atoms with Gasteiger partial charge in [-0.2, -0.15) is 0 Å². The average molecular weight is 453 g/mol. The highest BCUT2D eigenvalue weighted by atomic mass is 16.6. The topological polar surface area (TPSA) is 108 Å². The van der Waals surface area contributed by atoms with Gasteiger partial charge in [-0.3, -0.25) is 4.79 Å². The molecule has 0 bridgehead atoms. The second kappa shape index (κ2) is 9.93. The molecule has 2 aromatic carbocycles. The fraction of sp³-hybridized carbons (Fsp3) is 0.462. The molecule has 1 atom stereocenters. The van der Waals surface area contributed by atoms with E-state index in [2.05, 4.69) is 36.6 Å². The fourth-order valence-corrected chi connectivity index (χ4v) is 5.06. The van der Waals surface area contributed by atoms with Gasteiger partial charge in [-0.1, -0.05) is 32.0 Å². The first kappa shape index (κ1) is 23.3. The highest BCUT2D eigenvalue weighted by Crippen LogP contribution is 2.37. The second-order valence-corrected chi connectivity index (χ2v) is 8.82. The molecule has 0 saturated heterocycles. The second-order valence-electron chi connectivity index (χ2n) is 8.82. The molecular weight excluding hydrogens is 420 g/mol. The van der Waals surface area contributed by atoms with Crippen LogP contribution in [0.15, 0.2) is 24.3 Å². The van der Waals surface area contributed by atoms with Crippen molar-refractivity contribution in [1.29, 1.82) is 0 Å². The van der Waals surface area contributed by atoms with E-state index in [1.54, 1.807) is 6.07 Å². The third-order valence-electron chi connectivity index (χ3n) is 6.75. The zero-order valence-electron chi connectivity index (χ0n) is 19.2. The van der Waals surface area contributed by atoms with Gasteiger partial charge in [0.15, 0.2) is 0 Å². The first-order chi connectivity index (χ1) is 15.9. The quantitative estimate of drug-likeness (QED) is 0.362. The van der Waals surface area contributed by atoms with Crippen LogP contribution in [0.4, 0.5) is 5.69 Å². The van der Waals surface area contributed by atoms with Gasteiger partial charge in [0.05, 0.1) is 5.69 Å². The molecule has 2 aliphatic rings. The molecule has 1 aliphatic carbocycles. The van der Waals surface area contributed by atoms with Gasteiger partial charge in [0, 0.05) is 19.0 Å². The minimum atomic E-state index is -0.710. The molecule has 0 saturated carbocycles. The van der Waals surface area contributed by atoms with Gasteiger partial charge in [-0.15, -0.1) is 0 Å². The van der Waals surface area contributed by atoms with E-state index >= 15 is 0 Å². The van der Waals surface area contributed by atoms with Crippen molar-refractivity contribution in [2.45, 2.75) is 64.5 Å². The van der Waals surface area contributed by atoms with Crippen LogP contribution >= 0.6 is 0 Å². The number of fused-ring (bicyclic) bond motifs is 2. The van der Waals surface area contributed by atoms with Gasteiger partial charge in [-0.25, -0.2) is 4.79 Å². The van der Waals surface area contributed by atoms with Gasteiger partial charge >= 0.3 is 5.97 Å². The molecule has 176 valence electrons. The first-order valence-corrected chi connectivity index (χ1v) is 11.7. The van der Waals surface area contributed by atoms with E-state index in [-0.39, 0.29) is 17.7 Å². The van der Waals surface area contributed by atoms with Crippen LogP contribution in [-0.2, 0) is 46.4 Å². The van der Waals surface area contributed by atoms with Gasteiger partial charge in [-0.05, 0) is 71.6 Å². The lowest BCUT2D eigenvalue weighted by Crippen LogP contribution is -2.35. The molecule has 0 spiro atoms. The summed E-state index contributed by atoms with van der Waals surface area (Å²) >= 11 is 0. The maximum absolute atomic E-state index is 12.0. The number of carbonyl (C=O) groups excluding carboxylic acids is 2. The molecule has 0 fully saturated rings. The average Bonchev–Trinajstić information content (AvgIpc) is 3.23. The molecule has 7 nitrogen and oxygen atoms in total. The summed E-state index contributed by atoms with van der Waals surface area (Å²) in [6.45, 7) is 4.04. The summed E-state index contributed by atoms with van der Waals surface area (Å²) in [5, 5.41) is 25.7. The largest absolute Gasteiger partial charge is 0.506 e. The summed E-state index contributed by atoms with van der Waals surface area (Å²) in [7, 11) is 0. The number of hydrogen-bond acceptors (Lipinski definition) is 6. The van der Waals surface area contributed by atoms with E-state index in [1.807, 2.05) is 0 Å². The maximum atomic E-state index is 12.0. The van der Waals surface area contributed by atoms with Gasteiger partial charge in [0.2, 0.25) is 5.91 Å². The Bertz CT molecular complexity index is 1030. The number of carbonyl (C=O) groups is 2. The van der Waals surface area contributed by atoms with Crippen molar-refractivity contribution in [2.24, 2.45) is 0 Å². The molecule has 1 aliphatic heterocycles. The van der Waals surface area contributed by atoms with Crippen LogP contribution in [0.2, 0.25) is 0 Å². The summed E-state index contributed by atoms with van der Waals surface area (Å²) in [6, 6.07) is 8.12. The molecule has 1 heterocycles. The number of anilines is 1. The normalized spacial score (nSPS) is 16.2. The lowest BCUT2D eigenvalue weighted by atomic mass is 9.93. The number of rotatable bonds is 8. The number of phenols is 1. The third-order valence-corrected chi connectivity index (χ3v) is 6.75. The molecule has 1 unspecified atom stereocenters. The smallest absolute Gasteiger partial charge is 0.332 e. The maximum Gasteiger partial charge on any atom is 0.332 e. The Labute approximate surface area is 194 Å². The summed E-state index contributed by atoms with van der Waals surface area (Å²) in [6.07, 6.45) is 3.98. The van der Waals surface area contributed by atoms with Crippen molar-refractivity contribution in [3.05, 3.63) is 57.6 Å². The van der Waals surface area contributed by atoms with E-state index in [4.69, 9.17) is 4.74 Å². The molecular formula is C26H32N2O5. The minimum absolute atomic E-state index is 0.00769. The molecule has 33 heavy (non-hydrogen) atoms. The van der Waals surface area contributed by atoms with E-state index in [0.717, 1.165) is 36.8 Å². The number of amides is 1. The number of esters is 1. The van der Waals surface area contributed by atoms with Crippen molar-refractivity contribution < 1.29 is 24.5 Å². The number of phenolic OH excluding ortho intramolecular Hbond substituents is 1. The highest BCUT2D eigenvalue weighted by Gasteiger charge is 2.29. The zero-order valence-corrected chi connectivity index (χ0v) is 19.2. The number of aromatic hydroxyl groups is 1. The molecule has 0 aromatic heterocycles. The summed E-state index contributed by atoms with van der Waals surface area (Å²) in [5.74, 6) is -0.872. The Hall–Kier alpha value is -2.90. The van der Waals surface area contributed by atoms with Crippen LogP contribution in [-0.4, -0.2) is 41.3 Å². The predicted octanol–water partition coefficient (Wildman–Crippen LogP) is 2.74. The number of ether oxygens (including phenoxy) is 1. The summed E-state index contributed by atoms with van der Waals surface area (Å²) in [4.78, 5) is 23.8. The van der Waals surface area contributed by atoms with Crippen LogP contribution in [0.5, 0.6) is 5.75 Å². The Morgan fingerprint density at radius 3 is 2.42 bits per heavy atom. The molecule has 4 rings (SSSR count). The van der Waals surface area contributed by atoms with E-state index in [9.17, 15) is 19.8 Å². The van der Waals surface area contributed by atoms with Crippen molar-refractivity contribution in [3.8, 4) is 5.75 Å². The monoisotopic (exact) mass is 452 g/mol. The van der Waals surface area contributed by atoms with Crippen molar-refractivity contribution in [3.63, 3.8) is 0 Å². The lowest BCUT2D eigenvalue weighted by Gasteiger charge is -2.27. The van der Waals surface area contributed by atoms with E-state index in [0.29, 0.717) is 25.1 Å². The molecule has 4 N–H and O–H groups in total. The zero-order chi connectivity index (χ0) is 23.5. The number of aliphatic hydroxyl groups is 1. The Balaban J connectivity index is 1.53. The van der Waals surface area contributed by atoms with Crippen LogP contribution in [0.25, 0.3) is 0 Å². The third kappa shape index (κ3) is 4.89. The molecule has 0 radical (unpaired) electrons. The number of nitrogens with one attached hydrogen (secondary N) is 2. The standard InChI is InChI=1S/C26H32N2O5/c1-3-15-9-17-11-19(12-18(17)10-16(15)4-2)27-13-23(33-25(32)14-29)20-5-7-22(30)26-21(20)6-8-24(31)28-26/h5,7,9-10,19,23,27,29-30H,3-4,6,8,11-14H2,1-2H3,(H,28,31). The van der Waals surface area contributed by atoms with Crippen molar-refractivity contribution in [1.82, 2.24) is 5.32 Å². The first-order valence-electron chi connectivity index (χ1n) is 11.7. The minimum Gasteiger partial charge on any atom is -0.506 e. The molecule has 7 heteroatoms. The SMILES string of the molecule is CCc1cc2c(cc1CC)CC(NCC(OC(=O)CO)c1ccc(O)c3c1CCC(=O)N3)C2. The predicted molar refractivity (Wildman–Crippen MR) is 125 cm³/mol. The van der Waals surface area contributed by atoms with Crippen LogP contribution in [0.1, 0.15) is 59.8 Å². The van der Waals surface area contributed by atoms with Crippen LogP contribution in [0.3, 0.4) is 0 Å². The molecule has 1 amide bonds. The Morgan fingerprint density at radius 2 is 1.82 bits per heavy atom. The van der Waals surface area contributed by atoms with Crippen LogP contribution in [0, 0.1) is 0 Å². The fourth-order valence-electron chi connectivity index (χ4n) is 5.06. The number of aryl methyl sites for hydroxylation is 2. The van der Waals surface area contributed by atoms with Gasteiger partial charge < -0.3 is 25.6 Å². The van der Waals surface area contributed by atoms with Crippen molar-refractivity contribution >= 4 is 17.6 Å². The van der Waals surface area contributed by atoms with Gasteiger partial charge in [0.25, 0.3) is 0 Å². The number of aliphatic hydroxyl groups excluding tert-OH is 1. The van der Waals surface area contributed by atoms with Crippen molar-refractivity contribution in [2.75, 3.05) is 18.5 Å². The Morgan fingerprint density at radius 1 is 1.15 bits per heavy atom. The summed E-state index contributed by atoms with van der Waals surface area (Å²) in [5.41, 5.74) is 7.43. The molecule has 2 aromatic rings. The Kier molecular flexibility index (Phi) is 7.00.